The van der Waals surface area contributed by atoms with Crippen molar-refractivity contribution < 1.29 is 9.53 Å². The van der Waals surface area contributed by atoms with E-state index in [1.165, 1.54) is 0 Å². The third-order valence-electron chi connectivity index (χ3n) is 2.42. The molecule has 1 amide bonds. The molecule has 0 aliphatic heterocycles. The maximum absolute atomic E-state index is 11.7. The van der Waals surface area contributed by atoms with Crippen LogP contribution >= 0.6 is 0 Å². The molecule has 0 radical (unpaired) electrons. The summed E-state index contributed by atoms with van der Waals surface area (Å²) >= 11 is 0. The largest absolute Gasteiger partial charge is 0.397 e. The van der Waals surface area contributed by atoms with Gasteiger partial charge in [0.05, 0.1) is 31.0 Å². The number of ether oxygens (including phenoxy) is 1. The number of carbonyl (C=O) groups excluding carboxylic acids is 1. The van der Waals surface area contributed by atoms with Crippen molar-refractivity contribution in [3.05, 3.63) is 24.0 Å². The highest BCUT2D eigenvalue weighted by Crippen LogP contribution is 2.02. The summed E-state index contributed by atoms with van der Waals surface area (Å²) in [6, 6.07) is 3.55. The molecule has 0 aliphatic carbocycles. The van der Waals surface area contributed by atoms with Gasteiger partial charge < -0.3 is 15.8 Å². The summed E-state index contributed by atoms with van der Waals surface area (Å²) in [6.45, 7) is 2.53. The van der Waals surface area contributed by atoms with Gasteiger partial charge in [0.1, 0.15) is 0 Å². The lowest BCUT2D eigenvalue weighted by Gasteiger charge is -2.15. The molecule has 94 valence electrons. The first-order valence-electron chi connectivity index (χ1n) is 5.64. The molecule has 1 aromatic heterocycles. The van der Waals surface area contributed by atoms with Crippen LogP contribution in [0.1, 0.15) is 19.0 Å². The Morgan fingerprint density at radius 3 is 2.88 bits per heavy atom. The maximum atomic E-state index is 11.7. The lowest BCUT2D eigenvalue weighted by atomic mass is 10.2. The van der Waals surface area contributed by atoms with Crippen LogP contribution in [0.25, 0.3) is 0 Å². The monoisotopic (exact) mass is 237 g/mol. The van der Waals surface area contributed by atoms with E-state index in [9.17, 15) is 4.79 Å². The SMILES string of the molecule is CCC(COC)NC(=O)Cc1ccc(N)cn1. The van der Waals surface area contributed by atoms with Gasteiger partial charge in [-0.25, -0.2) is 0 Å². The van der Waals surface area contributed by atoms with Crippen molar-refractivity contribution in [1.82, 2.24) is 10.3 Å². The Hall–Kier alpha value is -1.62. The molecule has 0 saturated carbocycles. The molecule has 0 aliphatic rings. The molecule has 1 unspecified atom stereocenters. The highest BCUT2D eigenvalue weighted by atomic mass is 16.5. The van der Waals surface area contributed by atoms with Crippen molar-refractivity contribution in [3.63, 3.8) is 0 Å². The molecule has 17 heavy (non-hydrogen) atoms. The number of nitrogens with zero attached hydrogens (tertiary/aromatic N) is 1. The van der Waals surface area contributed by atoms with Crippen molar-refractivity contribution in [1.29, 1.82) is 0 Å². The van der Waals surface area contributed by atoms with Crippen molar-refractivity contribution in [2.45, 2.75) is 25.8 Å². The number of rotatable bonds is 6. The van der Waals surface area contributed by atoms with E-state index in [0.717, 1.165) is 6.42 Å². The second kappa shape index (κ2) is 6.85. The van der Waals surface area contributed by atoms with Gasteiger partial charge in [0, 0.05) is 12.8 Å². The average molecular weight is 237 g/mol. The second-order valence-electron chi connectivity index (χ2n) is 3.89. The molecule has 0 fully saturated rings. The quantitative estimate of drug-likeness (QED) is 0.765. The fraction of sp³-hybridized carbons (Fsp3) is 0.500. The molecule has 5 nitrogen and oxygen atoms in total. The summed E-state index contributed by atoms with van der Waals surface area (Å²) in [5.41, 5.74) is 6.83. The average Bonchev–Trinajstić information content (AvgIpc) is 2.31. The van der Waals surface area contributed by atoms with Crippen LogP contribution in [0.2, 0.25) is 0 Å². The number of anilines is 1. The smallest absolute Gasteiger partial charge is 0.226 e. The molecule has 1 rings (SSSR count). The Bertz CT molecular complexity index is 351. The normalized spacial score (nSPS) is 12.1. The number of nitrogen functional groups attached to an aromatic ring is 1. The van der Waals surface area contributed by atoms with Gasteiger partial charge in [0.2, 0.25) is 5.91 Å². The fourth-order valence-corrected chi connectivity index (χ4v) is 1.45. The molecule has 1 heterocycles. The number of aromatic nitrogens is 1. The van der Waals surface area contributed by atoms with Gasteiger partial charge in [-0.1, -0.05) is 6.92 Å². The van der Waals surface area contributed by atoms with E-state index < -0.39 is 0 Å². The number of methoxy groups -OCH3 is 1. The predicted octanol–water partition coefficient (Wildman–Crippen LogP) is 0.747. The van der Waals surface area contributed by atoms with Crippen LogP contribution in [-0.2, 0) is 16.0 Å². The number of nitrogens with one attached hydrogen (secondary N) is 1. The summed E-state index contributed by atoms with van der Waals surface area (Å²) in [7, 11) is 1.62. The predicted molar refractivity (Wildman–Crippen MR) is 66.5 cm³/mol. The van der Waals surface area contributed by atoms with Gasteiger partial charge >= 0.3 is 0 Å². The first-order valence-corrected chi connectivity index (χ1v) is 5.64. The molecule has 0 saturated heterocycles. The molecule has 0 spiro atoms. The van der Waals surface area contributed by atoms with E-state index >= 15 is 0 Å². The van der Waals surface area contributed by atoms with Crippen molar-refractivity contribution in [3.8, 4) is 0 Å². The number of carbonyl (C=O) groups is 1. The van der Waals surface area contributed by atoms with Crippen molar-refractivity contribution in [2.75, 3.05) is 19.5 Å². The zero-order valence-corrected chi connectivity index (χ0v) is 10.3. The standard InChI is InChI=1S/C12H19N3O2/c1-3-10(8-17-2)15-12(16)6-11-5-4-9(13)7-14-11/h4-5,7,10H,3,6,8,13H2,1-2H3,(H,15,16). The minimum atomic E-state index is -0.0498. The summed E-state index contributed by atoms with van der Waals surface area (Å²) in [6.07, 6.45) is 2.66. The Kier molecular flexibility index (Phi) is 5.42. The molecule has 0 bridgehead atoms. The number of nitrogens with two attached hydrogens (primary N) is 1. The number of amides is 1. The van der Waals surface area contributed by atoms with Gasteiger partial charge in [0.15, 0.2) is 0 Å². The van der Waals surface area contributed by atoms with Crippen LogP contribution in [0.3, 0.4) is 0 Å². The Morgan fingerprint density at radius 2 is 2.35 bits per heavy atom. The molecule has 1 atom stereocenters. The molecule has 3 N–H and O–H groups in total. The third kappa shape index (κ3) is 4.82. The van der Waals surface area contributed by atoms with Crippen LogP contribution in [0.5, 0.6) is 0 Å². The Labute approximate surface area is 101 Å². The van der Waals surface area contributed by atoms with Gasteiger partial charge in [-0.3, -0.25) is 9.78 Å². The third-order valence-corrected chi connectivity index (χ3v) is 2.42. The van der Waals surface area contributed by atoms with Gasteiger partial charge in [-0.2, -0.15) is 0 Å². The maximum Gasteiger partial charge on any atom is 0.226 e. The highest BCUT2D eigenvalue weighted by molar-refractivity contribution is 5.78. The van der Waals surface area contributed by atoms with Gasteiger partial charge in [-0.05, 0) is 18.6 Å². The van der Waals surface area contributed by atoms with Crippen molar-refractivity contribution in [2.24, 2.45) is 0 Å². The van der Waals surface area contributed by atoms with Gasteiger partial charge in [0.25, 0.3) is 0 Å². The summed E-state index contributed by atoms with van der Waals surface area (Å²) in [5, 5.41) is 2.90. The zero-order chi connectivity index (χ0) is 12.7. The van der Waals surface area contributed by atoms with Crippen LogP contribution in [-0.4, -0.2) is 30.6 Å². The van der Waals surface area contributed by atoms with E-state index in [-0.39, 0.29) is 18.4 Å². The topological polar surface area (TPSA) is 77.2 Å². The van der Waals surface area contributed by atoms with E-state index in [1.54, 1.807) is 25.4 Å². The minimum absolute atomic E-state index is 0.0498. The minimum Gasteiger partial charge on any atom is -0.397 e. The van der Waals surface area contributed by atoms with Crippen molar-refractivity contribution >= 4 is 11.6 Å². The van der Waals surface area contributed by atoms with Crippen LogP contribution < -0.4 is 11.1 Å². The van der Waals surface area contributed by atoms with Crippen LogP contribution in [0, 0.1) is 0 Å². The molecular weight excluding hydrogens is 218 g/mol. The lowest BCUT2D eigenvalue weighted by molar-refractivity contribution is -0.121. The number of hydrogen-bond donors (Lipinski definition) is 2. The number of hydrogen-bond acceptors (Lipinski definition) is 4. The zero-order valence-electron chi connectivity index (χ0n) is 10.3. The molecule has 0 aromatic carbocycles. The molecule has 1 aromatic rings. The molecule has 5 heteroatoms. The van der Waals surface area contributed by atoms with Crippen LogP contribution in [0.15, 0.2) is 18.3 Å². The van der Waals surface area contributed by atoms with E-state index in [1.807, 2.05) is 6.92 Å². The van der Waals surface area contributed by atoms with E-state index in [4.69, 9.17) is 10.5 Å². The van der Waals surface area contributed by atoms with E-state index in [0.29, 0.717) is 18.0 Å². The fourth-order valence-electron chi connectivity index (χ4n) is 1.45. The van der Waals surface area contributed by atoms with Crippen LogP contribution in [0.4, 0.5) is 5.69 Å². The molecular formula is C12H19N3O2. The summed E-state index contributed by atoms with van der Waals surface area (Å²) < 4.78 is 5.01. The Balaban J connectivity index is 2.46. The van der Waals surface area contributed by atoms with E-state index in [2.05, 4.69) is 10.3 Å². The summed E-state index contributed by atoms with van der Waals surface area (Å²) in [5.74, 6) is -0.0498. The number of pyridine rings is 1. The summed E-state index contributed by atoms with van der Waals surface area (Å²) in [4.78, 5) is 15.8. The highest BCUT2D eigenvalue weighted by Gasteiger charge is 2.10. The first kappa shape index (κ1) is 13.4. The van der Waals surface area contributed by atoms with Gasteiger partial charge in [-0.15, -0.1) is 0 Å². The second-order valence-corrected chi connectivity index (χ2v) is 3.89. The Morgan fingerprint density at radius 1 is 1.59 bits per heavy atom. The first-order chi connectivity index (χ1) is 8.15. The lowest BCUT2D eigenvalue weighted by Crippen LogP contribution is -2.38.